The van der Waals surface area contributed by atoms with Crippen LogP contribution in [0, 0.1) is 6.92 Å². The topological polar surface area (TPSA) is 112 Å². The molecule has 11 nitrogen and oxygen atoms in total. The Bertz CT molecular complexity index is 1420. The standard InChI is InChI=1S/C30H41N9O2/c1-10-26(40)34-21-15-22(25(41-19(2)3)16-24(21)38(9)14-13-37(7)8)35-28-31-18-32-29(36-28)39-17-30(5,6)27-23(39)12-11-20(4)33-27/h10-12,15-16,18-19H,1,13-14,17H2,2-9H3,(H,34,40)(H,31,32,35,36). The van der Waals surface area contributed by atoms with Crippen molar-refractivity contribution >= 4 is 40.6 Å². The van der Waals surface area contributed by atoms with Crippen molar-refractivity contribution in [2.45, 2.75) is 46.1 Å². The lowest BCUT2D eigenvalue weighted by atomic mass is 9.91. The van der Waals surface area contributed by atoms with Crippen LogP contribution in [0.3, 0.4) is 0 Å². The molecule has 4 rings (SSSR count). The van der Waals surface area contributed by atoms with Crippen molar-refractivity contribution in [2.75, 3.05) is 61.2 Å². The number of amides is 1. The molecule has 0 bridgehead atoms. The number of ether oxygens (including phenoxy) is 1. The molecule has 3 aromatic rings. The monoisotopic (exact) mass is 559 g/mol. The number of rotatable bonds is 11. The number of pyridine rings is 1. The SMILES string of the molecule is C=CC(=O)Nc1cc(Nc2ncnc(N3CC(C)(C)c4nc(C)ccc43)n2)c(OC(C)C)cc1N(C)CCN(C)C. The molecule has 0 saturated carbocycles. The molecular formula is C30H41N9O2. The molecule has 0 saturated heterocycles. The average Bonchev–Trinajstić information content (AvgIpc) is 3.18. The van der Waals surface area contributed by atoms with Crippen LogP contribution in [0.15, 0.2) is 43.2 Å². The first kappa shape index (κ1) is 29.7. The van der Waals surface area contributed by atoms with Gasteiger partial charge < -0.3 is 30.1 Å². The van der Waals surface area contributed by atoms with Crippen LogP contribution in [0.25, 0.3) is 0 Å². The van der Waals surface area contributed by atoms with E-state index in [-0.39, 0.29) is 17.4 Å². The van der Waals surface area contributed by atoms with E-state index in [0.29, 0.717) is 35.6 Å². The molecule has 0 radical (unpaired) electrons. The summed E-state index contributed by atoms with van der Waals surface area (Å²) in [6.45, 7) is 16.2. The van der Waals surface area contributed by atoms with E-state index < -0.39 is 0 Å². The van der Waals surface area contributed by atoms with Gasteiger partial charge in [0.15, 0.2) is 0 Å². The second kappa shape index (κ2) is 12.1. The number of carbonyl (C=O) groups is 1. The zero-order valence-electron chi connectivity index (χ0n) is 25.3. The van der Waals surface area contributed by atoms with Crippen LogP contribution < -0.4 is 25.2 Å². The number of anilines is 6. The molecule has 3 heterocycles. The number of hydrogen-bond donors (Lipinski definition) is 2. The highest BCUT2D eigenvalue weighted by molar-refractivity contribution is 6.02. The van der Waals surface area contributed by atoms with Crippen molar-refractivity contribution in [1.29, 1.82) is 0 Å². The number of aryl methyl sites for hydroxylation is 1. The predicted molar refractivity (Wildman–Crippen MR) is 165 cm³/mol. The normalized spacial score (nSPS) is 13.8. The van der Waals surface area contributed by atoms with Gasteiger partial charge in [-0.15, -0.1) is 0 Å². The Balaban J connectivity index is 1.72. The van der Waals surface area contributed by atoms with Gasteiger partial charge in [0.05, 0.1) is 34.5 Å². The first-order valence-electron chi connectivity index (χ1n) is 13.7. The van der Waals surface area contributed by atoms with Gasteiger partial charge in [-0.2, -0.15) is 4.98 Å². The lowest BCUT2D eigenvalue weighted by molar-refractivity contribution is -0.111. The number of benzene rings is 1. The minimum absolute atomic E-state index is 0.0858. The number of aromatic nitrogens is 4. The van der Waals surface area contributed by atoms with E-state index in [4.69, 9.17) is 14.7 Å². The second-order valence-electron chi connectivity index (χ2n) is 11.5. The molecule has 2 N–H and O–H groups in total. The third kappa shape index (κ3) is 6.91. The van der Waals surface area contributed by atoms with Crippen molar-refractivity contribution < 1.29 is 9.53 Å². The number of nitrogens with one attached hydrogen (secondary N) is 2. The molecule has 11 heteroatoms. The smallest absolute Gasteiger partial charge is 0.247 e. The van der Waals surface area contributed by atoms with Gasteiger partial charge in [0, 0.05) is 43.9 Å². The van der Waals surface area contributed by atoms with Crippen LogP contribution in [0.4, 0.5) is 34.6 Å². The molecule has 0 aliphatic carbocycles. The molecule has 2 aromatic heterocycles. The molecule has 0 spiro atoms. The summed E-state index contributed by atoms with van der Waals surface area (Å²) in [6, 6.07) is 7.83. The minimum atomic E-state index is -0.308. The van der Waals surface area contributed by atoms with Gasteiger partial charge in [-0.25, -0.2) is 9.97 Å². The molecule has 1 aliphatic rings. The third-order valence-corrected chi connectivity index (χ3v) is 6.74. The Morgan fingerprint density at radius 1 is 1.15 bits per heavy atom. The molecular weight excluding hydrogens is 518 g/mol. The fourth-order valence-corrected chi connectivity index (χ4v) is 4.69. The second-order valence-corrected chi connectivity index (χ2v) is 11.5. The summed E-state index contributed by atoms with van der Waals surface area (Å²) in [5, 5.41) is 6.25. The maximum atomic E-state index is 12.4. The highest BCUT2D eigenvalue weighted by atomic mass is 16.5. The van der Waals surface area contributed by atoms with E-state index >= 15 is 0 Å². The number of carbonyl (C=O) groups excluding carboxylic acids is 1. The van der Waals surface area contributed by atoms with Crippen LogP contribution in [0.5, 0.6) is 5.75 Å². The fraction of sp³-hybridized carbons (Fsp3) is 0.433. The molecule has 1 aliphatic heterocycles. The number of hydrogen-bond acceptors (Lipinski definition) is 10. The fourth-order valence-electron chi connectivity index (χ4n) is 4.69. The minimum Gasteiger partial charge on any atom is -0.489 e. The van der Waals surface area contributed by atoms with E-state index in [1.54, 1.807) is 0 Å². The largest absolute Gasteiger partial charge is 0.489 e. The van der Waals surface area contributed by atoms with E-state index in [9.17, 15) is 4.79 Å². The Morgan fingerprint density at radius 2 is 1.90 bits per heavy atom. The van der Waals surface area contributed by atoms with Crippen molar-refractivity contribution in [3.8, 4) is 5.75 Å². The van der Waals surface area contributed by atoms with Crippen molar-refractivity contribution in [1.82, 2.24) is 24.8 Å². The van der Waals surface area contributed by atoms with Gasteiger partial charge in [0.1, 0.15) is 12.1 Å². The van der Waals surface area contributed by atoms with E-state index in [0.717, 1.165) is 35.9 Å². The van der Waals surface area contributed by atoms with Crippen LogP contribution in [0.2, 0.25) is 0 Å². The highest BCUT2D eigenvalue weighted by Gasteiger charge is 2.38. The Kier molecular flexibility index (Phi) is 8.77. The third-order valence-electron chi connectivity index (χ3n) is 6.74. The average molecular weight is 560 g/mol. The van der Waals surface area contributed by atoms with Crippen LogP contribution in [0.1, 0.15) is 39.1 Å². The molecule has 0 atom stereocenters. The van der Waals surface area contributed by atoms with Crippen LogP contribution in [-0.2, 0) is 10.2 Å². The molecule has 0 fully saturated rings. The lowest BCUT2D eigenvalue weighted by Crippen LogP contribution is -2.29. The van der Waals surface area contributed by atoms with Gasteiger partial charge in [-0.05, 0) is 59.1 Å². The maximum absolute atomic E-state index is 12.4. The van der Waals surface area contributed by atoms with Crippen molar-refractivity contribution in [3.63, 3.8) is 0 Å². The van der Waals surface area contributed by atoms with Gasteiger partial charge in [0.2, 0.25) is 17.8 Å². The highest BCUT2D eigenvalue weighted by Crippen LogP contribution is 2.43. The molecule has 1 aromatic carbocycles. The summed E-state index contributed by atoms with van der Waals surface area (Å²) in [5.41, 5.74) is 4.87. The molecule has 218 valence electrons. The summed E-state index contributed by atoms with van der Waals surface area (Å²) >= 11 is 0. The Morgan fingerprint density at radius 3 is 2.59 bits per heavy atom. The van der Waals surface area contributed by atoms with Gasteiger partial charge in [-0.3, -0.25) is 9.78 Å². The van der Waals surface area contributed by atoms with Crippen molar-refractivity contribution in [3.05, 3.63) is 54.6 Å². The lowest BCUT2D eigenvalue weighted by Gasteiger charge is -2.26. The maximum Gasteiger partial charge on any atom is 0.247 e. The zero-order valence-corrected chi connectivity index (χ0v) is 25.3. The zero-order chi connectivity index (χ0) is 29.9. The Hall–Kier alpha value is -4.25. The van der Waals surface area contributed by atoms with E-state index in [1.165, 1.54) is 12.4 Å². The summed E-state index contributed by atoms with van der Waals surface area (Å²) in [7, 11) is 6.03. The Labute approximate surface area is 242 Å². The number of nitrogens with zero attached hydrogens (tertiary/aromatic N) is 7. The van der Waals surface area contributed by atoms with E-state index in [2.05, 4.69) is 61.8 Å². The summed E-state index contributed by atoms with van der Waals surface area (Å²) in [6.07, 6.45) is 2.65. The summed E-state index contributed by atoms with van der Waals surface area (Å²) in [4.78, 5) is 37.1. The predicted octanol–water partition coefficient (Wildman–Crippen LogP) is 4.66. The molecule has 0 unspecified atom stereocenters. The van der Waals surface area contributed by atoms with Crippen LogP contribution >= 0.6 is 0 Å². The van der Waals surface area contributed by atoms with Gasteiger partial charge in [-0.1, -0.05) is 20.4 Å². The summed E-state index contributed by atoms with van der Waals surface area (Å²) < 4.78 is 6.21. The van der Waals surface area contributed by atoms with Crippen LogP contribution in [-0.4, -0.2) is 77.6 Å². The molecule has 1 amide bonds. The summed E-state index contributed by atoms with van der Waals surface area (Å²) in [5.74, 6) is 1.17. The van der Waals surface area contributed by atoms with Gasteiger partial charge >= 0.3 is 0 Å². The van der Waals surface area contributed by atoms with Crippen molar-refractivity contribution in [2.24, 2.45) is 0 Å². The number of fused-ring (bicyclic) bond motifs is 1. The first-order chi connectivity index (χ1) is 19.4. The van der Waals surface area contributed by atoms with E-state index in [1.807, 2.05) is 60.1 Å². The number of likely N-dealkylation sites (N-methyl/N-ethyl adjacent to an activating group) is 2. The first-order valence-corrected chi connectivity index (χ1v) is 13.7. The van der Waals surface area contributed by atoms with Gasteiger partial charge in [0.25, 0.3) is 0 Å². The quantitative estimate of drug-likeness (QED) is 0.322. The molecule has 41 heavy (non-hydrogen) atoms.